The Labute approximate surface area is 166 Å². The Hall–Kier alpha value is -2.86. The van der Waals surface area contributed by atoms with Gasteiger partial charge in [-0.2, -0.15) is 0 Å². The molecule has 6 heteroatoms. The number of amides is 2. The number of ether oxygens (including phenoxy) is 1. The van der Waals surface area contributed by atoms with Gasteiger partial charge >= 0.3 is 0 Å². The van der Waals surface area contributed by atoms with Crippen molar-refractivity contribution in [1.29, 1.82) is 0 Å². The molecule has 2 amide bonds. The number of anilines is 2. The molecule has 1 N–H and O–H groups in total. The molecule has 0 atom stereocenters. The van der Waals surface area contributed by atoms with Crippen molar-refractivity contribution in [3.05, 3.63) is 54.1 Å². The van der Waals surface area contributed by atoms with Crippen LogP contribution in [-0.2, 0) is 16.0 Å². The van der Waals surface area contributed by atoms with Crippen molar-refractivity contribution < 1.29 is 14.3 Å². The molecule has 0 saturated heterocycles. The maximum Gasteiger partial charge on any atom is 0.241 e. The van der Waals surface area contributed by atoms with E-state index in [9.17, 15) is 9.59 Å². The lowest BCUT2D eigenvalue weighted by Gasteiger charge is -2.24. The fourth-order valence-corrected chi connectivity index (χ4v) is 3.54. The molecule has 0 aliphatic carbocycles. The summed E-state index contributed by atoms with van der Waals surface area (Å²) >= 11 is 0. The summed E-state index contributed by atoms with van der Waals surface area (Å²) in [5.74, 6) is 0.485. The van der Waals surface area contributed by atoms with E-state index in [0.717, 1.165) is 18.5 Å². The summed E-state index contributed by atoms with van der Waals surface area (Å²) in [5.41, 5.74) is 2.82. The third-order valence-electron chi connectivity index (χ3n) is 4.84. The predicted molar refractivity (Wildman–Crippen MR) is 111 cm³/mol. The number of carbonyl (C=O) groups excluding carboxylic acids is 2. The number of fused-ring (bicyclic) bond motifs is 1. The molecule has 3 rings (SSSR count). The first-order chi connectivity index (χ1) is 13.6. The molecule has 0 saturated carbocycles. The first kappa shape index (κ1) is 19.9. The van der Waals surface area contributed by atoms with E-state index in [4.69, 9.17) is 4.74 Å². The molecule has 148 valence electrons. The molecule has 0 unspecified atom stereocenters. The average molecular weight is 381 g/mol. The first-order valence-corrected chi connectivity index (χ1v) is 9.66. The van der Waals surface area contributed by atoms with Gasteiger partial charge < -0.3 is 15.0 Å². The Balaban J connectivity index is 1.62. The highest BCUT2D eigenvalue weighted by atomic mass is 16.5. The monoisotopic (exact) mass is 381 g/mol. The number of para-hydroxylation sites is 3. The molecule has 1 aliphatic heterocycles. The Morgan fingerprint density at radius 3 is 2.64 bits per heavy atom. The zero-order valence-electron chi connectivity index (χ0n) is 16.5. The van der Waals surface area contributed by atoms with Crippen molar-refractivity contribution in [2.45, 2.75) is 19.8 Å². The molecule has 0 spiro atoms. The first-order valence-electron chi connectivity index (χ1n) is 9.66. The number of benzene rings is 2. The number of methoxy groups -OCH3 is 1. The van der Waals surface area contributed by atoms with Gasteiger partial charge in [0, 0.05) is 12.2 Å². The maximum atomic E-state index is 12.9. The van der Waals surface area contributed by atoms with E-state index in [1.54, 1.807) is 19.2 Å². The predicted octanol–water partition coefficient (Wildman–Crippen LogP) is 2.94. The number of carbonyl (C=O) groups is 2. The van der Waals surface area contributed by atoms with Crippen LogP contribution in [0.3, 0.4) is 0 Å². The highest BCUT2D eigenvalue weighted by Gasteiger charge is 2.26. The summed E-state index contributed by atoms with van der Waals surface area (Å²) < 4.78 is 5.27. The highest BCUT2D eigenvalue weighted by molar-refractivity contribution is 5.98. The molecular formula is C22H27N3O3. The fourth-order valence-electron chi connectivity index (χ4n) is 3.54. The van der Waals surface area contributed by atoms with Crippen molar-refractivity contribution in [3.63, 3.8) is 0 Å². The van der Waals surface area contributed by atoms with Gasteiger partial charge in [0.15, 0.2) is 0 Å². The third kappa shape index (κ3) is 4.70. The Bertz CT molecular complexity index is 837. The second kappa shape index (κ2) is 9.37. The van der Waals surface area contributed by atoms with Crippen LogP contribution in [0.2, 0.25) is 0 Å². The van der Waals surface area contributed by atoms with Gasteiger partial charge in [-0.1, -0.05) is 37.3 Å². The Morgan fingerprint density at radius 2 is 1.86 bits per heavy atom. The van der Waals surface area contributed by atoms with Gasteiger partial charge in [-0.3, -0.25) is 14.5 Å². The van der Waals surface area contributed by atoms with E-state index in [2.05, 4.69) is 11.4 Å². The van der Waals surface area contributed by atoms with Crippen molar-refractivity contribution in [1.82, 2.24) is 4.90 Å². The van der Waals surface area contributed by atoms with Gasteiger partial charge in [-0.15, -0.1) is 0 Å². The SMILES string of the molecule is CCCN(CC(=O)Nc1ccccc1OC)CC(=O)N1CCc2ccccc21. The molecule has 28 heavy (non-hydrogen) atoms. The largest absolute Gasteiger partial charge is 0.495 e. The molecule has 0 fully saturated rings. The average Bonchev–Trinajstić information content (AvgIpc) is 3.13. The van der Waals surface area contributed by atoms with Crippen molar-refractivity contribution in [2.24, 2.45) is 0 Å². The topological polar surface area (TPSA) is 61.9 Å². The summed E-state index contributed by atoms with van der Waals surface area (Å²) in [6.07, 6.45) is 1.75. The van der Waals surface area contributed by atoms with Crippen molar-refractivity contribution >= 4 is 23.2 Å². The summed E-state index contributed by atoms with van der Waals surface area (Å²) in [5, 5.41) is 2.88. The normalized spacial score (nSPS) is 12.8. The van der Waals surface area contributed by atoms with Crippen LogP contribution in [0.15, 0.2) is 48.5 Å². The minimum absolute atomic E-state index is 0.0310. The zero-order valence-corrected chi connectivity index (χ0v) is 16.5. The van der Waals surface area contributed by atoms with Crippen LogP contribution >= 0.6 is 0 Å². The smallest absolute Gasteiger partial charge is 0.241 e. The Kier molecular flexibility index (Phi) is 6.66. The van der Waals surface area contributed by atoms with E-state index >= 15 is 0 Å². The van der Waals surface area contributed by atoms with Crippen molar-refractivity contribution in [3.8, 4) is 5.75 Å². The molecule has 1 heterocycles. The number of nitrogens with one attached hydrogen (secondary N) is 1. The molecule has 0 aromatic heterocycles. The standard InChI is InChI=1S/C22H27N3O3/c1-3-13-24(15-21(26)23-18-9-5-7-11-20(18)28-2)16-22(27)25-14-12-17-8-4-6-10-19(17)25/h4-11H,3,12-16H2,1-2H3,(H,23,26). The number of hydrogen-bond donors (Lipinski definition) is 1. The zero-order chi connectivity index (χ0) is 19.9. The van der Waals surface area contributed by atoms with E-state index in [1.165, 1.54) is 5.56 Å². The van der Waals surface area contributed by atoms with Crippen LogP contribution < -0.4 is 15.0 Å². The quantitative estimate of drug-likeness (QED) is 0.764. The maximum absolute atomic E-state index is 12.9. The number of rotatable bonds is 8. The van der Waals surface area contributed by atoms with Crippen LogP contribution in [0.25, 0.3) is 0 Å². The van der Waals surface area contributed by atoms with Crippen LogP contribution in [0.5, 0.6) is 5.75 Å². The third-order valence-corrected chi connectivity index (χ3v) is 4.84. The molecule has 0 radical (unpaired) electrons. The van der Waals surface area contributed by atoms with Gasteiger partial charge in [0.2, 0.25) is 11.8 Å². The molecule has 6 nitrogen and oxygen atoms in total. The number of hydrogen-bond acceptors (Lipinski definition) is 4. The van der Waals surface area contributed by atoms with Crippen LogP contribution in [0.4, 0.5) is 11.4 Å². The van der Waals surface area contributed by atoms with Gasteiger partial charge in [0.05, 0.1) is 25.9 Å². The highest BCUT2D eigenvalue weighted by Crippen LogP contribution is 2.27. The Morgan fingerprint density at radius 1 is 1.11 bits per heavy atom. The number of nitrogens with zero attached hydrogens (tertiary/aromatic N) is 2. The van der Waals surface area contributed by atoms with Gasteiger partial charge in [0.1, 0.15) is 5.75 Å². The second-order valence-corrected chi connectivity index (χ2v) is 6.88. The van der Waals surface area contributed by atoms with Crippen LogP contribution in [-0.4, -0.2) is 50.0 Å². The van der Waals surface area contributed by atoms with Crippen LogP contribution in [0.1, 0.15) is 18.9 Å². The minimum atomic E-state index is -0.160. The molecule has 2 aromatic rings. The van der Waals surface area contributed by atoms with Gasteiger partial charge in [0.25, 0.3) is 0 Å². The summed E-state index contributed by atoms with van der Waals surface area (Å²) in [6, 6.07) is 15.3. The van der Waals surface area contributed by atoms with E-state index in [-0.39, 0.29) is 24.9 Å². The van der Waals surface area contributed by atoms with E-state index in [0.29, 0.717) is 24.5 Å². The second-order valence-electron chi connectivity index (χ2n) is 6.88. The van der Waals surface area contributed by atoms with Crippen molar-refractivity contribution in [2.75, 3.05) is 43.5 Å². The molecule has 1 aliphatic rings. The lowest BCUT2D eigenvalue weighted by molar-refractivity contribution is -0.121. The van der Waals surface area contributed by atoms with Gasteiger partial charge in [-0.05, 0) is 43.1 Å². The summed E-state index contributed by atoms with van der Waals surface area (Å²) in [6.45, 7) is 3.81. The molecular weight excluding hydrogens is 354 g/mol. The summed E-state index contributed by atoms with van der Waals surface area (Å²) in [4.78, 5) is 29.1. The van der Waals surface area contributed by atoms with Gasteiger partial charge in [-0.25, -0.2) is 0 Å². The minimum Gasteiger partial charge on any atom is -0.495 e. The van der Waals surface area contributed by atoms with Crippen LogP contribution in [0, 0.1) is 0 Å². The lowest BCUT2D eigenvalue weighted by Crippen LogP contribution is -2.43. The fraction of sp³-hybridized carbons (Fsp3) is 0.364. The lowest BCUT2D eigenvalue weighted by atomic mass is 10.2. The van der Waals surface area contributed by atoms with E-state index < -0.39 is 0 Å². The summed E-state index contributed by atoms with van der Waals surface area (Å²) in [7, 11) is 1.57. The van der Waals surface area contributed by atoms with E-state index in [1.807, 2.05) is 47.1 Å². The molecule has 0 bridgehead atoms. The molecule has 2 aromatic carbocycles.